The minimum absolute atomic E-state index is 0.445. The Balaban J connectivity index is 1.13. The van der Waals surface area contributed by atoms with Crippen molar-refractivity contribution in [2.24, 2.45) is 9.98 Å². The quantitative estimate of drug-likeness (QED) is 0.197. The summed E-state index contributed by atoms with van der Waals surface area (Å²) in [5, 5.41) is 11.3. The lowest BCUT2D eigenvalue weighted by atomic mass is 10.0. The molecule has 0 bridgehead atoms. The molecule has 1 unspecified atom stereocenters. The van der Waals surface area contributed by atoms with Gasteiger partial charge in [-0.2, -0.15) is 0 Å². The maximum Gasteiger partial charge on any atom is 0.211 e. The molecular formula is C45H28N4S2. The van der Waals surface area contributed by atoms with Gasteiger partial charge in [-0.25, -0.2) is 9.98 Å². The molecular weight excluding hydrogens is 661 g/mol. The third-order valence-electron chi connectivity index (χ3n) is 10.1. The second-order valence-electron chi connectivity index (χ2n) is 13.0. The molecule has 1 aliphatic heterocycles. The van der Waals surface area contributed by atoms with Crippen molar-refractivity contribution >= 4 is 96.6 Å². The summed E-state index contributed by atoms with van der Waals surface area (Å²) in [7, 11) is 0. The molecule has 10 aromatic rings. The van der Waals surface area contributed by atoms with Gasteiger partial charge in [0.25, 0.3) is 0 Å². The number of aliphatic imine (C=N–C) groups is 2. The van der Waals surface area contributed by atoms with Crippen LogP contribution in [0.25, 0.3) is 73.3 Å². The van der Waals surface area contributed by atoms with Crippen molar-refractivity contribution in [3.8, 4) is 11.1 Å². The van der Waals surface area contributed by atoms with Gasteiger partial charge >= 0.3 is 0 Å². The smallest absolute Gasteiger partial charge is 0.211 e. The predicted molar refractivity (Wildman–Crippen MR) is 219 cm³/mol. The van der Waals surface area contributed by atoms with E-state index in [1.165, 1.54) is 62.2 Å². The van der Waals surface area contributed by atoms with E-state index in [0.717, 1.165) is 34.0 Å². The minimum Gasteiger partial charge on any atom is -0.310 e. The summed E-state index contributed by atoms with van der Waals surface area (Å²) in [6.07, 6.45) is -0.445. The standard InChI is InChI=1S/C45H28N4S2/c1-2-11-27(12-3-1)28-21-23-29(24-22-28)43-46-44(48-45(47-43)49-37-18-7-4-13-30(37)31-14-5-8-19-38(31)49)36-17-10-16-33-35-26-25-34-32-15-6-9-20-39(32)50-41(34)42(35)51-40(33)36/h1-26,44H,(H,46,47,48). The van der Waals surface area contributed by atoms with Crippen LogP contribution in [0.3, 0.4) is 0 Å². The van der Waals surface area contributed by atoms with Crippen molar-refractivity contribution < 1.29 is 0 Å². The highest BCUT2D eigenvalue weighted by Gasteiger charge is 2.26. The highest BCUT2D eigenvalue weighted by atomic mass is 32.1. The van der Waals surface area contributed by atoms with Gasteiger partial charge in [0.15, 0.2) is 6.17 Å². The monoisotopic (exact) mass is 688 g/mol. The molecule has 1 atom stereocenters. The summed E-state index contributed by atoms with van der Waals surface area (Å²) in [5.41, 5.74) is 6.71. The van der Waals surface area contributed by atoms with Crippen LogP contribution in [-0.2, 0) is 0 Å². The lowest BCUT2D eigenvalue weighted by Crippen LogP contribution is -2.39. The van der Waals surface area contributed by atoms with E-state index in [2.05, 4.69) is 168 Å². The molecule has 11 rings (SSSR count). The minimum atomic E-state index is -0.445. The van der Waals surface area contributed by atoms with Crippen LogP contribution >= 0.6 is 22.7 Å². The Morgan fingerprint density at radius 1 is 0.431 bits per heavy atom. The average molecular weight is 689 g/mol. The summed E-state index contributed by atoms with van der Waals surface area (Å²) in [4.78, 5) is 10.8. The molecule has 51 heavy (non-hydrogen) atoms. The van der Waals surface area contributed by atoms with Crippen molar-refractivity contribution in [3.63, 3.8) is 0 Å². The molecule has 7 aromatic carbocycles. The van der Waals surface area contributed by atoms with Crippen molar-refractivity contribution in [3.05, 3.63) is 169 Å². The van der Waals surface area contributed by atoms with Crippen LogP contribution < -0.4 is 5.32 Å². The van der Waals surface area contributed by atoms with Crippen molar-refractivity contribution in [2.75, 3.05) is 0 Å². The number of aromatic nitrogens is 1. The van der Waals surface area contributed by atoms with Gasteiger partial charge in [0.2, 0.25) is 5.96 Å². The molecule has 0 spiro atoms. The molecule has 6 heteroatoms. The van der Waals surface area contributed by atoms with E-state index in [4.69, 9.17) is 9.98 Å². The molecule has 0 aliphatic carbocycles. The van der Waals surface area contributed by atoms with Gasteiger partial charge in [0, 0.05) is 52.8 Å². The second kappa shape index (κ2) is 11.2. The Hall–Kier alpha value is -6.08. The van der Waals surface area contributed by atoms with E-state index in [9.17, 15) is 0 Å². The summed E-state index contributed by atoms with van der Waals surface area (Å²) in [5.74, 6) is 1.57. The van der Waals surface area contributed by atoms with Crippen LogP contribution in [0.5, 0.6) is 0 Å². The molecule has 1 N–H and O–H groups in total. The summed E-state index contributed by atoms with van der Waals surface area (Å²) < 4.78 is 7.50. The number of hydrogen-bond donors (Lipinski definition) is 1. The zero-order valence-electron chi connectivity index (χ0n) is 27.2. The van der Waals surface area contributed by atoms with Gasteiger partial charge in [-0.15, -0.1) is 22.7 Å². The van der Waals surface area contributed by atoms with E-state index in [-0.39, 0.29) is 0 Å². The van der Waals surface area contributed by atoms with Gasteiger partial charge in [-0.1, -0.05) is 140 Å². The Labute approximate surface area is 301 Å². The third-order valence-corrected chi connectivity index (χ3v) is 12.7. The Morgan fingerprint density at radius 2 is 1.00 bits per heavy atom. The van der Waals surface area contributed by atoms with Crippen LogP contribution in [0, 0.1) is 0 Å². The van der Waals surface area contributed by atoms with Crippen LogP contribution in [0.2, 0.25) is 0 Å². The number of fused-ring (bicyclic) bond motifs is 10. The van der Waals surface area contributed by atoms with E-state index in [1.807, 2.05) is 22.7 Å². The lowest BCUT2D eigenvalue weighted by molar-refractivity contribution is 0.752. The van der Waals surface area contributed by atoms with E-state index < -0.39 is 6.17 Å². The molecule has 0 saturated heterocycles. The van der Waals surface area contributed by atoms with Crippen LogP contribution in [-0.4, -0.2) is 16.4 Å². The molecule has 0 radical (unpaired) electrons. The molecule has 0 fully saturated rings. The normalized spacial score (nSPS) is 14.9. The van der Waals surface area contributed by atoms with Gasteiger partial charge in [0.05, 0.1) is 20.4 Å². The van der Waals surface area contributed by atoms with Gasteiger partial charge in [-0.05, 0) is 29.3 Å². The SMILES string of the molecule is c1ccc(-c2ccc(C3=NC(c4cccc5c4sc4c5ccc5c6ccccc6sc54)N=C(n4c5ccccc5c5ccccc54)N3)cc2)cc1. The third kappa shape index (κ3) is 4.43. The zero-order valence-corrected chi connectivity index (χ0v) is 28.9. The summed E-state index contributed by atoms with van der Waals surface area (Å²) >= 11 is 3.76. The van der Waals surface area contributed by atoms with Crippen molar-refractivity contribution in [1.82, 2.24) is 9.88 Å². The van der Waals surface area contributed by atoms with Gasteiger partial charge < -0.3 is 5.32 Å². The molecule has 4 nitrogen and oxygen atoms in total. The van der Waals surface area contributed by atoms with Crippen molar-refractivity contribution in [2.45, 2.75) is 6.17 Å². The van der Waals surface area contributed by atoms with Crippen LogP contribution in [0.15, 0.2) is 168 Å². The first kappa shape index (κ1) is 28.7. The zero-order chi connectivity index (χ0) is 33.5. The first-order chi connectivity index (χ1) is 25.3. The lowest BCUT2D eigenvalue weighted by Gasteiger charge is -2.24. The van der Waals surface area contributed by atoms with Gasteiger partial charge in [-0.3, -0.25) is 4.57 Å². The Bertz CT molecular complexity index is 3000. The fourth-order valence-corrected chi connectivity index (χ4v) is 10.4. The Morgan fingerprint density at radius 3 is 1.76 bits per heavy atom. The number of amidine groups is 1. The van der Waals surface area contributed by atoms with E-state index in [1.54, 1.807) is 0 Å². The maximum atomic E-state index is 5.44. The number of para-hydroxylation sites is 2. The van der Waals surface area contributed by atoms with Crippen LogP contribution in [0.1, 0.15) is 17.3 Å². The van der Waals surface area contributed by atoms with Crippen LogP contribution in [0.4, 0.5) is 0 Å². The largest absolute Gasteiger partial charge is 0.310 e. The summed E-state index contributed by atoms with van der Waals surface area (Å²) in [6, 6.07) is 56.3. The van der Waals surface area contributed by atoms with Gasteiger partial charge in [0.1, 0.15) is 5.84 Å². The molecule has 3 aromatic heterocycles. The fraction of sp³-hybridized carbons (Fsp3) is 0.0222. The first-order valence-corrected chi connectivity index (χ1v) is 18.7. The molecule has 0 amide bonds. The number of benzene rings is 7. The van der Waals surface area contributed by atoms with E-state index >= 15 is 0 Å². The number of thiophene rings is 2. The second-order valence-corrected chi connectivity index (χ2v) is 15.1. The molecule has 1 aliphatic rings. The number of nitrogens with one attached hydrogen (secondary N) is 1. The number of hydrogen-bond acceptors (Lipinski definition) is 5. The highest BCUT2D eigenvalue weighted by Crippen LogP contribution is 2.46. The first-order valence-electron chi connectivity index (χ1n) is 17.1. The average Bonchev–Trinajstić information content (AvgIpc) is 3.88. The topological polar surface area (TPSA) is 41.7 Å². The maximum absolute atomic E-state index is 5.44. The molecule has 240 valence electrons. The summed E-state index contributed by atoms with van der Waals surface area (Å²) in [6.45, 7) is 0. The Kier molecular flexibility index (Phi) is 6.32. The fourth-order valence-electron chi connectivity index (χ4n) is 7.70. The number of nitrogens with zero attached hydrogens (tertiary/aromatic N) is 3. The highest BCUT2D eigenvalue weighted by molar-refractivity contribution is 7.33. The molecule has 4 heterocycles. The van der Waals surface area contributed by atoms with Crippen molar-refractivity contribution in [1.29, 1.82) is 0 Å². The number of rotatable bonds is 3. The predicted octanol–water partition coefficient (Wildman–Crippen LogP) is 12.2. The molecule has 0 saturated carbocycles. The van der Waals surface area contributed by atoms with E-state index in [0.29, 0.717) is 0 Å².